The van der Waals surface area contributed by atoms with Crippen LogP contribution < -0.4 is 10.2 Å². The van der Waals surface area contributed by atoms with Crippen molar-refractivity contribution in [1.82, 2.24) is 14.9 Å². The molecule has 7 nitrogen and oxygen atoms in total. The van der Waals surface area contributed by atoms with Crippen molar-refractivity contribution >= 4 is 23.8 Å². The number of aromatic nitrogens is 2. The molecular weight excluding hydrogens is 354 g/mol. The first kappa shape index (κ1) is 19.8. The highest BCUT2D eigenvalue weighted by molar-refractivity contribution is 6.03. The molecule has 1 fully saturated rings. The van der Waals surface area contributed by atoms with Gasteiger partial charge >= 0.3 is 0 Å². The van der Waals surface area contributed by atoms with Crippen molar-refractivity contribution in [2.24, 2.45) is 0 Å². The number of piperazine rings is 1. The fourth-order valence-electron chi connectivity index (χ4n) is 3.14. The number of hydrogen-bond donors (Lipinski definition) is 1. The first-order valence-corrected chi connectivity index (χ1v) is 9.48. The average Bonchev–Trinajstić information content (AvgIpc) is 2.67. The molecule has 0 aliphatic carbocycles. The number of anilines is 2. The van der Waals surface area contributed by atoms with E-state index in [1.54, 1.807) is 17.9 Å². The maximum Gasteiger partial charge on any atom is 0.274 e. The summed E-state index contributed by atoms with van der Waals surface area (Å²) < 4.78 is 0. The highest BCUT2D eigenvalue weighted by Crippen LogP contribution is 2.24. The van der Waals surface area contributed by atoms with Crippen LogP contribution in [0.2, 0.25) is 0 Å². The normalized spacial score (nSPS) is 14.7. The summed E-state index contributed by atoms with van der Waals surface area (Å²) in [6.07, 6.45) is 0.867. The molecule has 148 valence electrons. The molecule has 2 heterocycles. The van der Waals surface area contributed by atoms with Crippen LogP contribution in [0.1, 0.15) is 42.6 Å². The van der Waals surface area contributed by atoms with Crippen LogP contribution >= 0.6 is 0 Å². The lowest BCUT2D eigenvalue weighted by Gasteiger charge is -2.33. The van der Waals surface area contributed by atoms with Crippen LogP contribution in [-0.4, -0.2) is 53.4 Å². The van der Waals surface area contributed by atoms with Crippen molar-refractivity contribution in [2.45, 2.75) is 33.1 Å². The van der Waals surface area contributed by atoms with E-state index in [1.165, 1.54) is 5.56 Å². The Labute approximate surface area is 165 Å². The predicted molar refractivity (Wildman–Crippen MR) is 110 cm³/mol. The Hall–Kier alpha value is -2.96. The minimum absolute atomic E-state index is 0.0646. The largest absolute Gasteiger partial charge is 0.353 e. The van der Waals surface area contributed by atoms with Gasteiger partial charge in [0.1, 0.15) is 17.3 Å². The number of nitrogens with zero attached hydrogens (tertiary/aromatic N) is 4. The number of carbonyl (C=O) groups excluding carboxylic acids is 2. The van der Waals surface area contributed by atoms with E-state index in [0.717, 1.165) is 12.1 Å². The van der Waals surface area contributed by atoms with E-state index in [-0.39, 0.29) is 11.3 Å². The number of hydrogen-bond acceptors (Lipinski definition) is 5. The van der Waals surface area contributed by atoms with E-state index < -0.39 is 0 Å². The van der Waals surface area contributed by atoms with Crippen LogP contribution in [0.15, 0.2) is 30.3 Å². The van der Waals surface area contributed by atoms with Crippen molar-refractivity contribution in [1.29, 1.82) is 0 Å². The summed E-state index contributed by atoms with van der Waals surface area (Å²) in [5, 5.41) is 2.91. The molecule has 28 heavy (non-hydrogen) atoms. The third-order valence-electron chi connectivity index (χ3n) is 4.85. The molecule has 0 saturated carbocycles. The maximum absolute atomic E-state index is 12.7. The number of benzene rings is 1. The SMILES string of the molecule is Cc1nc(C(=O)Nc2ccc(C(C)(C)C)cc2)cc(N2CCN(C=O)CC2)n1. The third-order valence-corrected chi connectivity index (χ3v) is 4.85. The van der Waals surface area contributed by atoms with Crippen molar-refractivity contribution in [2.75, 3.05) is 36.4 Å². The van der Waals surface area contributed by atoms with Crippen molar-refractivity contribution < 1.29 is 9.59 Å². The smallest absolute Gasteiger partial charge is 0.274 e. The van der Waals surface area contributed by atoms with Crippen molar-refractivity contribution in [3.63, 3.8) is 0 Å². The molecule has 0 atom stereocenters. The van der Waals surface area contributed by atoms with Gasteiger partial charge in [-0.25, -0.2) is 9.97 Å². The molecule has 1 N–H and O–H groups in total. The number of rotatable bonds is 4. The molecule has 7 heteroatoms. The fraction of sp³-hybridized carbons (Fsp3) is 0.429. The maximum atomic E-state index is 12.7. The summed E-state index contributed by atoms with van der Waals surface area (Å²) in [6, 6.07) is 9.58. The molecule has 0 unspecified atom stereocenters. The Morgan fingerprint density at radius 3 is 2.29 bits per heavy atom. The Bertz CT molecular complexity index is 850. The summed E-state index contributed by atoms with van der Waals surface area (Å²) in [6.45, 7) is 10.9. The Kier molecular flexibility index (Phi) is 5.63. The van der Waals surface area contributed by atoms with E-state index in [1.807, 2.05) is 24.3 Å². The van der Waals surface area contributed by atoms with Crippen LogP contribution in [0, 0.1) is 6.92 Å². The van der Waals surface area contributed by atoms with Crippen LogP contribution in [0.3, 0.4) is 0 Å². The predicted octanol–water partition coefficient (Wildman–Crippen LogP) is 2.61. The van der Waals surface area contributed by atoms with Gasteiger partial charge in [-0.1, -0.05) is 32.9 Å². The van der Waals surface area contributed by atoms with Crippen molar-refractivity contribution in [3.05, 3.63) is 47.4 Å². The summed E-state index contributed by atoms with van der Waals surface area (Å²) in [5.74, 6) is 0.997. The molecule has 0 bridgehead atoms. The fourth-order valence-corrected chi connectivity index (χ4v) is 3.14. The lowest BCUT2D eigenvalue weighted by Crippen LogP contribution is -2.46. The van der Waals surface area contributed by atoms with Gasteiger partial charge in [0, 0.05) is 37.9 Å². The summed E-state index contributed by atoms with van der Waals surface area (Å²) in [4.78, 5) is 36.2. The highest BCUT2D eigenvalue weighted by atomic mass is 16.2. The van der Waals surface area contributed by atoms with E-state index >= 15 is 0 Å². The first-order valence-electron chi connectivity index (χ1n) is 9.48. The second-order valence-electron chi connectivity index (χ2n) is 8.07. The Morgan fingerprint density at radius 1 is 1.07 bits per heavy atom. The molecule has 3 rings (SSSR count). The molecule has 2 aromatic rings. The van der Waals surface area contributed by atoms with E-state index in [4.69, 9.17) is 0 Å². The third kappa shape index (κ3) is 4.65. The number of nitrogens with one attached hydrogen (secondary N) is 1. The standard InChI is InChI=1S/C21H27N5O2/c1-15-22-18(13-19(23-15)26-11-9-25(14-27)10-12-26)20(28)24-17-7-5-16(6-8-17)21(2,3)4/h5-8,13-14H,9-12H2,1-4H3,(H,24,28). The van der Waals surface area contributed by atoms with Crippen LogP contribution in [0.25, 0.3) is 0 Å². The quantitative estimate of drug-likeness (QED) is 0.824. The van der Waals surface area contributed by atoms with Gasteiger partial charge in [0.25, 0.3) is 5.91 Å². The second-order valence-corrected chi connectivity index (χ2v) is 8.07. The zero-order valence-corrected chi connectivity index (χ0v) is 16.9. The number of amides is 2. The van der Waals surface area contributed by atoms with Crippen LogP contribution in [0.5, 0.6) is 0 Å². The van der Waals surface area contributed by atoms with Gasteiger partial charge in [0.15, 0.2) is 0 Å². The molecule has 1 aliphatic heterocycles. The first-order chi connectivity index (χ1) is 13.3. The second kappa shape index (κ2) is 7.96. The van der Waals surface area contributed by atoms with E-state index in [2.05, 4.69) is 41.0 Å². The minimum atomic E-state index is -0.262. The topological polar surface area (TPSA) is 78.4 Å². The highest BCUT2D eigenvalue weighted by Gasteiger charge is 2.20. The van der Waals surface area contributed by atoms with E-state index in [0.29, 0.717) is 43.5 Å². The van der Waals surface area contributed by atoms with Gasteiger partial charge in [-0.15, -0.1) is 0 Å². The number of carbonyl (C=O) groups is 2. The van der Waals surface area contributed by atoms with Crippen LogP contribution in [0.4, 0.5) is 11.5 Å². The number of aryl methyl sites for hydroxylation is 1. The molecule has 1 aliphatic rings. The molecule has 1 aromatic carbocycles. The molecule has 2 amide bonds. The molecule has 1 aromatic heterocycles. The van der Waals surface area contributed by atoms with Gasteiger partial charge in [-0.2, -0.15) is 0 Å². The molecule has 0 spiro atoms. The summed E-state index contributed by atoms with van der Waals surface area (Å²) >= 11 is 0. The molecule has 1 saturated heterocycles. The molecular formula is C21H27N5O2. The van der Waals surface area contributed by atoms with Crippen molar-refractivity contribution in [3.8, 4) is 0 Å². The summed E-state index contributed by atoms with van der Waals surface area (Å²) in [7, 11) is 0. The Morgan fingerprint density at radius 2 is 1.71 bits per heavy atom. The van der Waals surface area contributed by atoms with E-state index in [9.17, 15) is 9.59 Å². The zero-order chi connectivity index (χ0) is 20.3. The lowest BCUT2D eigenvalue weighted by molar-refractivity contribution is -0.118. The van der Waals surface area contributed by atoms with Crippen LogP contribution in [-0.2, 0) is 10.2 Å². The minimum Gasteiger partial charge on any atom is -0.353 e. The lowest BCUT2D eigenvalue weighted by atomic mass is 9.87. The van der Waals surface area contributed by atoms with Gasteiger partial charge in [0.05, 0.1) is 0 Å². The van der Waals surface area contributed by atoms with Gasteiger partial charge in [-0.3, -0.25) is 9.59 Å². The average molecular weight is 381 g/mol. The Balaban J connectivity index is 1.73. The zero-order valence-electron chi connectivity index (χ0n) is 16.9. The molecule has 0 radical (unpaired) electrons. The van der Waals surface area contributed by atoms with Gasteiger partial charge in [-0.05, 0) is 30.0 Å². The van der Waals surface area contributed by atoms with Gasteiger partial charge < -0.3 is 15.1 Å². The summed E-state index contributed by atoms with van der Waals surface area (Å²) in [5.41, 5.74) is 2.34. The van der Waals surface area contributed by atoms with Gasteiger partial charge in [0.2, 0.25) is 6.41 Å². The monoisotopic (exact) mass is 381 g/mol.